The van der Waals surface area contributed by atoms with Gasteiger partial charge in [0, 0.05) is 17.4 Å². The van der Waals surface area contributed by atoms with Crippen LogP contribution in [0.15, 0.2) is 54.9 Å². The summed E-state index contributed by atoms with van der Waals surface area (Å²) < 4.78 is 0. The van der Waals surface area contributed by atoms with Crippen molar-refractivity contribution in [2.45, 2.75) is 0 Å². The third kappa shape index (κ3) is 4.48. The van der Waals surface area contributed by atoms with Gasteiger partial charge >= 0.3 is 0 Å². The van der Waals surface area contributed by atoms with Gasteiger partial charge in [0.25, 0.3) is 0 Å². The third-order valence-electron chi connectivity index (χ3n) is 1.40. The Bertz CT molecular complexity index is 313. The van der Waals surface area contributed by atoms with Crippen LogP contribution in [0.1, 0.15) is 0 Å². The predicted molar refractivity (Wildman–Crippen MR) is 57.4 cm³/mol. The molecule has 0 saturated carbocycles. The van der Waals surface area contributed by atoms with Crippen LogP contribution in [-0.2, 0) is 0 Å². The summed E-state index contributed by atoms with van der Waals surface area (Å²) in [7, 11) is 0. The van der Waals surface area contributed by atoms with Gasteiger partial charge in [-0.15, -0.1) is 0 Å². The molecule has 0 fully saturated rings. The van der Waals surface area contributed by atoms with Crippen molar-refractivity contribution < 1.29 is 5.11 Å². The Morgan fingerprint density at radius 3 is 1.79 bits per heavy atom. The zero-order valence-corrected chi connectivity index (χ0v) is 8.22. The maximum absolute atomic E-state index is 8.63. The minimum absolute atomic E-state index is 0.322. The molecule has 0 spiro atoms. The maximum atomic E-state index is 8.63. The number of benzene rings is 1. The van der Waals surface area contributed by atoms with E-state index in [4.69, 9.17) is 16.7 Å². The number of para-hydroxylation sites is 1. The lowest BCUT2D eigenvalue weighted by Gasteiger charge is -1.82. The monoisotopic (exact) mass is 207 g/mol. The van der Waals surface area contributed by atoms with Crippen LogP contribution < -0.4 is 0 Å². The lowest BCUT2D eigenvalue weighted by Crippen LogP contribution is -1.63. The van der Waals surface area contributed by atoms with Crippen molar-refractivity contribution in [3.63, 3.8) is 0 Å². The number of phenolic OH excluding ortho intramolecular Hbond substituents is 1. The van der Waals surface area contributed by atoms with E-state index in [2.05, 4.69) is 4.98 Å². The lowest BCUT2D eigenvalue weighted by molar-refractivity contribution is 0.475. The molecule has 3 heteroatoms. The van der Waals surface area contributed by atoms with Crippen molar-refractivity contribution in [3.8, 4) is 5.75 Å². The Kier molecular flexibility index (Phi) is 4.51. The summed E-state index contributed by atoms with van der Waals surface area (Å²) in [4.78, 5) is 3.76. The molecule has 14 heavy (non-hydrogen) atoms. The highest BCUT2D eigenvalue weighted by Crippen LogP contribution is 2.03. The van der Waals surface area contributed by atoms with Crippen molar-refractivity contribution in [1.82, 2.24) is 4.98 Å². The minimum Gasteiger partial charge on any atom is -0.508 e. The van der Waals surface area contributed by atoms with Crippen LogP contribution in [0.3, 0.4) is 0 Å². The number of aromatic nitrogens is 1. The molecule has 1 aromatic carbocycles. The minimum atomic E-state index is 0.322. The van der Waals surface area contributed by atoms with Gasteiger partial charge in [0.2, 0.25) is 0 Å². The Morgan fingerprint density at radius 1 is 0.929 bits per heavy atom. The fourth-order valence-electron chi connectivity index (χ4n) is 0.762. The summed E-state index contributed by atoms with van der Waals surface area (Å²) in [5.74, 6) is 0.322. The van der Waals surface area contributed by atoms with Crippen molar-refractivity contribution in [3.05, 3.63) is 59.9 Å². The van der Waals surface area contributed by atoms with Gasteiger partial charge in [-0.05, 0) is 24.3 Å². The SMILES string of the molecule is Clc1ccncc1.Oc1ccccc1. The fraction of sp³-hybridized carbons (Fsp3) is 0. The quantitative estimate of drug-likeness (QED) is 0.720. The smallest absolute Gasteiger partial charge is 0.115 e. The van der Waals surface area contributed by atoms with Crippen LogP contribution in [0.2, 0.25) is 5.02 Å². The summed E-state index contributed by atoms with van der Waals surface area (Å²) >= 11 is 5.50. The van der Waals surface area contributed by atoms with E-state index in [1.807, 2.05) is 6.07 Å². The van der Waals surface area contributed by atoms with Gasteiger partial charge in [-0.1, -0.05) is 29.8 Å². The van der Waals surface area contributed by atoms with Crippen LogP contribution in [0.4, 0.5) is 0 Å². The van der Waals surface area contributed by atoms with Gasteiger partial charge in [-0.3, -0.25) is 4.98 Å². The molecule has 0 radical (unpaired) electrons. The number of aromatic hydroxyl groups is 1. The second-order valence-electron chi connectivity index (χ2n) is 2.50. The molecule has 0 aliphatic heterocycles. The number of phenols is 1. The maximum Gasteiger partial charge on any atom is 0.115 e. The average Bonchev–Trinajstić information content (AvgIpc) is 2.21. The molecule has 0 saturated heterocycles. The van der Waals surface area contributed by atoms with Crippen LogP contribution in [0.5, 0.6) is 5.75 Å². The Hall–Kier alpha value is -1.54. The molecule has 0 amide bonds. The highest BCUT2D eigenvalue weighted by atomic mass is 35.5. The summed E-state index contributed by atoms with van der Waals surface area (Å²) in [6.07, 6.45) is 3.31. The van der Waals surface area contributed by atoms with Crippen LogP contribution in [0.25, 0.3) is 0 Å². The van der Waals surface area contributed by atoms with Crippen molar-refractivity contribution in [2.75, 3.05) is 0 Å². The van der Waals surface area contributed by atoms with E-state index in [0.29, 0.717) is 5.75 Å². The van der Waals surface area contributed by atoms with Crippen LogP contribution >= 0.6 is 11.6 Å². The summed E-state index contributed by atoms with van der Waals surface area (Å²) in [6.45, 7) is 0. The molecule has 0 bridgehead atoms. The standard InChI is InChI=1S/C6H6O.C5H4ClN/c7-6-4-2-1-3-5-6;6-5-1-3-7-4-2-5/h1-5,7H;1-4H. The molecule has 2 nitrogen and oxygen atoms in total. The Balaban J connectivity index is 0.000000140. The zero-order chi connectivity index (χ0) is 10.2. The second-order valence-corrected chi connectivity index (χ2v) is 2.94. The summed E-state index contributed by atoms with van der Waals surface area (Å²) in [5.41, 5.74) is 0. The van der Waals surface area contributed by atoms with Crippen molar-refractivity contribution in [1.29, 1.82) is 0 Å². The molecule has 1 heterocycles. The first kappa shape index (κ1) is 10.5. The molecule has 2 rings (SSSR count). The molecule has 0 aliphatic rings. The van der Waals surface area contributed by atoms with Crippen LogP contribution in [0, 0.1) is 0 Å². The summed E-state index contributed by atoms with van der Waals surface area (Å²) in [6, 6.07) is 12.2. The first-order valence-electron chi connectivity index (χ1n) is 4.08. The van der Waals surface area contributed by atoms with E-state index < -0.39 is 0 Å². The number of pyridine rings is 1. The molecule has 72 valence electrons. The molecule has 1 aromatic heterocycles. The molecule has 0 aliphatic carbocycles. The highest BCUT2D eigenvalue weighted by molar-refractivity contribution is 6.30. The second kappa shape index (κ2) is 6.00. The average molecular weight is 208 g/mol. The molecule has 2 aromatic rings. The third-order valence-corrected chi connectivity index (χ3v) is 1.65. The van der Waals surface area contributed by atoms with E-state index in [9.17, 15) is 0 Å². The number of rotatable bonds is 0. The molecule has 1 N–H and O–H groups in total. The van der Waals surface area contributed by atoms with Gasteiger partial charge in [0.05, 0.1) is 0 Å². The number of halogens is 1. The number of hydrogen-bond donors (Lipinski definition) is 1. The van der Waals surface area contributed by atoms with E-state index in [-0.39, 0.29) is 0 Å². The van der Waals surface area contributed by atoms with E-state index in [1.54, 1.807) is 48.8 Å². The normalized spacial score (nSPS) is 8.64. The first-order chi connectivity index (χ1) is 6.79. The topological polar surface area (TPSA) is 33.1 Å². The van der Waals surface area contributed by atoms with E-state index >= 15 is 0 Å². The van der Waals surface area contributed by atoms with E-state index in [1.165, 1.54) is 0 Å². The lowest BCUT2D eigenvalue weighted by atomic mass is 10.3. The first-order valence-corrected chi connectivity index (χ1v) is 4.46. The van der Waals surface area contributed by atoms with Gasteiger partial charge in [-0.25, -0.2) is 0 Å². The van der Waals surface area contributed by atoms with Gasteiger partial charge in [0.1, 0.15) is 5.75 Å². The molecule has 0 atom stereocenters. The largest absolute Gasteiger partial charge is 0.508 e. The van der Waals surface area contributed by atoms with Crippen LogP contribution in [-0.4, -0.2) is 10.1 Å². The van der Waals surface area contributed by atoms with E-state index in [0.717, 1.165) is 5.02 Å². The number of nitrogens with zero attached hydrogens (tertiary/aromatic N) is 1. The summed E-state index contributed by atoms with van der Waals surface area (Å²) in [5, 5.41) is 9.36. The fourth-order valence-corrected chi connectivity index (χ4v) is 0.874. The van der Waals surface area contributed by atoms with Gasteiger partial charge in [0.15, 0.2) is 0 Å². The Morgan fingerprint density at radius 2 is 1.50 bits per heavy atom. The molecular weight excluding hydrogens is 198 g/mol. The highest BCUT2D eigenvalue weighted by Gasteiger charge is 1.76. The molecular formula is C11H10ClNO. The van der Waals surface area contributed by atoms with Crippen molar-refractivity contribution in [2.24, 2.45) is 0 Å². The van der Waals surface area contributed by atoms with Gasteiger partial charge in [-0.2, -0.15) is 0 Å². The zero-order valence-electron chi connectivity index (χ0n) is 7.47. The predicted octanol–water partition coefficient (Wildman–Crippen LogP) is 3.13. The Labute approximate surface area is 87.8 Å². The van der Waals surface area contributed by atoms with Crippen molar-refractivity contribution >= 4 is 11.6 Å². The number of hydrogen-bond acceptors (Lipinski definition) is 2. The molecule has 0 unspecified atom stereocenters. The van der Waals surface area contributed by atoms with Gasteiger partial charge < -0.3 is 5.11 Å².